The third-order valence-corrected chi connectivity index (χ3v) is 1.35. The van der Waals surface area contributed by atoms with Crippen molar-refractivity contribution in [2.45, 2.75) is 46.0 Å². The quantitative estimate of drug-likeness (QED) is 0.330. The van der Waals surface area contributed by atoms with Gasteiger partial charge in [-0.1, -0.05) is 32.6 Å². The van der Waals surface area contributed by atoms with E-state index in [9.17, 15) is 0 Å². The summed E-state index contributed by atoms with van der Waals surface area (Å²) in [7, 11) is 0. The first-order valence-electron chi connectivity index (χ1n) is 3.69. The van der Waals surface area contributed by atoms with Crippen LogP contribution in [-0.4, -0.2) is 23.1 Å². The third-order valence-electron chi connectivity index (χ3n) is 1.35. The molecule has 0 atom stereocenters. The molecule has 1 nitrogen and oxygen atoms in total. The average Bonchev–Trinajstić information content (AvgIpc) is 1.81. The first kappa shape index (κ1) is 17.0. The van der Waals surface area contributed by atoms with Crippen molar-refractivity contribution in [1.82, 2.24) is 0 Å². The molecule has 0 saturated carbocycles. The molecule has 10 heavy (non-hydrogen) atoms. The van der Waals surface area contributed by atoms with Gasteiger partial charge in [-0.3, -0.25) is 0 Å². The predicted octanol–water partition coefficient (Wildman–Crippen LogP) is 2.68. The maximum Gasteiger partial charge on any atom is 2.00 e. The first-order valence-corrected chi connectivity index (χ1v) is 3.69. The van der Waals surface area contributed by atoms with Gasteiger partial charge in [0.05, 0.1) is 0 Å². The molecule has 0 saturated heterocycles. The van der Waals surface area contributed by atoms with Gasteiger partial charge in [0, 0.05) is 0 Å². The fraction of sp³-hybridized carbons (Fsp3) is 0.875. The molecule has 0 heterocycles. The Morgan fingerprint density at radius 2 is 1.70 bits per heavy atom. The van der Waals surface area contributed by atoms with Gasteiger partial charge in [0.15, 0.2) is 0 Å². The number of hydrogen-bond acceptors (Lipinski definition) is 0. The van der Waals surface area contributed by atoms with Gasteiger partial charge < -0.3 is 11.9 Å². The minimum Gasteiger partial charge on any atom is -2.00 e. The molecular weight excluding hydrogens is 136 g/mol. The van der Waals surface area contributed by atoms with Crippen LogP contribution in [0.3, 0.4) is 0 Å². The molecule has 0 N–H and O–H groups in total. The van der Waals surface area contributed by atoms with Gasteiger partial charge in [-0.15, -0.1) is 0 Å². The largest absolute Gasteiger partial charge is 2.00 e. The number of rotatable bonds is 5. The van der Waals surface area contributed by atoms with Gasteiger partial charge in [-0.25, -0.2) is 0 Å². The Bertz CT molecular complexity index is 34.2. The van der Waals surface area contributed by atoms with E-state index >= 15 is 0 Å². The van der Waals surface area contributed by atoms with Crippen molar-refractivity contribution in [3.05, 3.63) is 6.42 Å². The summed E-state index contributed by atoms with van der Waals surface area (Å²) in [5.41, 5.74) is 0. The van der Waals surface area contributed by atoms with E-state index in [-0.39, 0.29) is 28.5 Å². The molecule has 0 bridgehead atoms. The monoisotopic (exact) mass is 153 g/mol. The summed E-state index contributed by atoms with van der Waals surface area (Å²) in [5, 5.41) is 0. The molecule has 0 aliphatic rings. The molecular formula is C8H17MgO-. The summed E-state index contributed by atoms with van der Waals surface area (Å²) in [5.74, 6) is 0. The summed E-state index contributed by atoms with van der Waals surface area (Å²) < 4.78 is 0. The Balaban J connectivity index is -0.000000245. The molecule has 0 fully saturated rings. The third kappa shape index (κ3) is 15.9. The zero-order chi connectivity index (χ0) is 6.24. The van der Waals surface area contributed by atoms with Crippen LogP contribution in [0.5, 0.6) is 0 Å². The minimum atomic E-state index is 0. The molecule has 0 aromatic rings. The Labute approximate surface area is 81.0 Å². The second kappa shape index (κ2) is 16.4. The SMILES string of the molecule is C[CH-]CCCCCC.[Mg+2].[O-2]. The van der Waals surface area contributed by atoms with Gasteiger partial charge in [-0.05, 0) is 0 Å². The molecule has 58 valence electrons. The molecule has 0 unspecified atom stereocenters. The van der Waals surface area contributed by atoms with Crippen LogP contribution < -0.4 is 0 Å². The maximum atomic E-state index is 2.25. The molecule has 0 aromatic carbocycles. The zero-order valence-corrected chi connectivity index (χ0v) is 8.64. The van der Waals surface area contributed by atoms with Crippen LogP contribution in [-0.2, 0) is 5.48 Å². The second-order valence-electron chi connectivity index (χ2n) is 2.26. The Kier molecular flexibility index (Phi) is 27.8. The molecule has 0 aliphatic carbocycles. The molecule has 0 rings (SSSR count). The van der Waals surface area contributed by atoms with Crippen LogP contribution in [0.25, 0.3) is 0 Å². The van der Waals surface area contributed by atoms with E-state index in [0.717, 1.165) is 0 Å². The molecule has 0 radical (unpaired) electrons. The van der Waals surface area contributed by atoms with Crippen LogP contribution in [0.15, 0.2) is 0 Å². The van der Waals surface area contributed by atoms with E-state index in [1.807, 2.05) is 0 Å². The van der Waals surface area contributed by atoms with Crippen molar-refractivity contribution in [2.24, 2.45) is 0 Å². The summed E-state index contributed by atoms with van der Waals surface area (Å²) in [6, 6.07) is 0. The Hall–Kier alpha value is 0.726. The number of unbranched alkanes of at least 4 members (excludes halogenated alkanes) is 5. The molecule has 0 aliphatic heterocycles. The number of hydrogen-bond donors (Lipinski definition) is 0. The van der Waals surface area contributed by atoms with Crippen LogP contribution in [0.4, 0.5) is 0 Å². The molecule has 0 amide bonds. The van der Waals surface area contributed by atoms with Gasteiger partial charge in [0.25, 0.3) is 0 Å². The van der Waals surface area contributed by atoms with Crippen molar-refractivity contribution in [1.29, 1.82) is 0 Å². The normalized spacial score (nSPS) is 7.80. The van der Waals surface area contributed by atoms with Crippen LogP contribution in [0.2, 0.25) is 0 Å². The van der Waals surface area contributed by atoms with Gasteiger partial charge in [-0.2, -0.15) is 13.3 Å². The van der Waals surface area contributed by atoms with Crippen molar-refractivity contribution < 1.29 is 5.48 Å². The van der Waals surface area contributed by atoms with Crippen LogP contribution >= 0.6 is 0 Å². The van der Waals surface area contributed by atoms with Crippen molar-refractivity contribution >= 4 is 23.1 Å². The van der Waals surface area contributed by atoms with Crippen LogP contribution in [0, 0.1) is 6.42 Å². The summed E-state index contributed by atoms with van der Waals surface area (Å²) in [4.78, 5) is 0. The van der Waals surface area contributed by atoms with Gasteiger partial charge >= 0.3 is 23.1 Å². The minimum absolute atomic E-state index is 0. The summed E-state index contributed by atoms with van der Waals surface area (Å²) in [6.07, 6.45) is 9.12. The zero-order valence-electron chi connectivity index (χ0n) is 7.23. The fourth-order valence-electron chi connectivity index (χ4n) is 0.775. The van der Waals surface area contributed by atoms with E-state index in [0.29, 0.717) is 0 Å². The van der Waals surface area contributed by atoms with E-state index < -0.39 is 0 Å². The van der Waals surface area contributed by atoms with E-state index in [2.05, 4.69) is 20.3 Å². The fourth-order valence-corrected chi connectivity index (χ4v) is 0.775. The van der Waals surface area contributed by atoms with Gasteiger partial charge in [0.1, 0.15) is 0 Å². The van der Waals surface area contributed by atoms with Gasteiger partial charge in [0.2, 0.25) is 0 Å². The first-order chi connectivity index (χ1) is 3.91. The smallest absolute Gasteiger partial charge is 2.00 e. The average molecular weight is 154 g/mol. The standard InChI is InChI=1S/C8H17.Mg.O/c1-3-5-7-8-6-4-2;;/h3H,4-8H2,1-2H3;;/q-1;+2;-2. The van der Waals surface area contributed by atoms with Crippen molar-refractivity contribution in [3.8, 4) is 0 Å². The predicted molar refractivity (Wildman–Crippen MR) is 45.2 cm³/mol. The van der Waals surface area contributed by atoms with Crippen molar-refractivity contribution in [2.75, 3.05) is 0 Å². The molecule has 0 aromatic heterocycles. The summed E-state index contributed by atoms with van der Waals surface area (Å²) >= 11 is 0. The van der Waals surface area contributed by atoms with Crippen molar-refractivity contribution in [3.63, 3.8) is 0 Å². The van der Waals surface area contributed by atoms with E-state index in [1.165, 1.54) is 32.1 Å². The molecule has 0 spiro atoms. The van der Waals surface area contributed by atoms with E-state index in [1.54, 1.807) is 0 Å². The van der Waals surface area contributed by atoms with Crippen LogP contribution in [0.1, 0.15) is 46.0 Å². The molecule has 2 heteroatoms. The Morgan fingerprint density at radius 3 is 2.10 bits per heavy atom. The maximum absolute atomic E-state index is 2.25. The Morgan fingerprint density at radius 1 is 1.10 bits per heavy atom. The second-order valence-corrected chi connectivity index (χ2v) is 2.26. The topological polar surface area (TPSA) is 28.5 Å². The van der Waals surface area contributed by atoms with E-state index in [4.69, 9.17) is 0 Å². The summed E-state index contributed by atoms with van der Waals surface area (Å²) in [6.45, 7) is 4.38.